The van der Waals surface area contributed by atoms with Crippen molar-refractivity contribution in [3.05, 3.63) is 76.9 Å². The average molecular weight is 303 g/mol. The number of Topliss-reactive ketones (excluding diaryl/α,β-unsaturated/α-hetero) is 1. The van der Waals surface area contributed by atoms with Crippen molar-refractivity contribution >= 4 is 11.5 Å². The van der Waals surface area contributed by atoms with Crippen LogP contribution in [0.25, 0.3) is 0 Å². The first-order valence-corrected chi connectivity index (χ1v) is 8.28. The summed E-state index contributed by atoms with van der Waals surface area (Å²) in [5.74, 6) is 1.05. The number of fused-ring (bicyclic) bond motifs is 3. The Balaban J connectivity index is 1.79. The molecule has 2 aromatic carbocycles. The van der Waals surface area contributed by atoms with Crippen molar-refractivity contribution in [2.24, 2.45) is 5.92 Å². The van der Waals surface area contributed by atoms with Gasteiger partial charge in [0, 0.05) is 17.2 Å². The molecule has 2 aromatic rings. The van der Waals surface area contributed by atoms with Crippen molar-refractivity contribution in [1.29, 1.82) is 0 Å². The molecule has 2 aliphatic rings. The van der Waals surface area contributed by atoms with Gasteiger partial charge in [-0.2, -0.15) is 0 Å². The topological polar surface area (TPSA) is 29.1 Å². The summed E-state index contributed by atoms with van der Waals surface area (Å²) in [6.07, 6.45) is 5.69. The minimum Gasteiger partial charge on any atom is -0.378 e. The Morgan fingerprint density at radius 1 is 1.17 bits per heavy atom. The van der Waals surface area contributed by atoms with E-state index in [0.717, 1.165) is 17.7 Å². The molecule has 0 saturated heterocycles. The fourth-order valence-corrected chi connectivity index (χ4v) is 4.01. The summed E-state index contributed by atoms with van der Waals surface area (Å²) in [5, 5.41) is 3.73. The summed E-state index contributed by atoms with van der Waals surface area (Å²) in [6, 6.07) is 15.2. The molecule has 0 unspecified atom stereocenters. The highest BCUT2D eigenvalue weighted by molar-refractivity contribution is 5.95. The highest BCUT2D eigenvalue weighted by atomic mass is 16.1. The average Bonchev–Trinajstić information content (AvgIpc) is 3.03. The first kappa shape index (κ1) is 14.3. The van der Waals surface area contributed by atoms with Crippen molar-refractivity contribution in [2.75, 3.05) is 5.32 Å². The highest BCUT2D eigenvalue weighted by Gasteiger charge is 2.37. The number of anilines is 1. The van der Waals surface area contributed by atoms with Gasteiger partial charge in [0.2, 0.25) is 0 Å². The van der Waals surface area contributed by atoms with Gasteiger partial charge in [0.15, 0.2) is 5.78 Å². The molecular weight excluding hydrogens is 282 g/mol. The van der Waals surface area contributed by atoms with E-state index in [4.69, 9.17) is 0 Å². The SMILES string of the molecule is CC(=O)c1ccc2c(c1)[C@@H]1C=CC[C@@H]1[C@H](c1cccc(C)c1)N2. The second-order valence-electron chi connectivity index (χ2n) is 6.75. The molecule has 1 aliphatic carbocycles. The third kappa shape index (κ3) is 2.39. The number of aryl methyl sites for hydroxylation is 1. The maximum Gasteiger partial charge on any atom is 0.159 e. The van der Waals surface area contributed by atoms with E-state index in [2.05, 4.69) is 60.8 Å². The molecule has 0 spiro atoms. The largest absolute Gasteiger partial charge is 0.378 e. The molecule has 0 fully saturated rings. The molecule has 1 aliphatic heterocycles. The van der Waals surface area contributed by atoms with Gasteiger partial charge in [-0.05, 0) is 55.5 Å². The minimum absolute atomic E-state index is 0.132. The third-order valence-electron chi connectivity index (χ3n) is 5.17. The molecule has 0 bridgehead atoms. The Labute approximate surface area is 137 Å². The molecule has 2 heteroatoms. The number of carbonyl (C=O) groups excluding carboxylic acids is 1. The van der Waals surface area contributed by atoms with Gasteiger partial charge in [0.05, 0.1) is 6.04 Å². The fourth-order valence-electron chi connectivity index (χ4n) is 4.01. The maximum atomic E-state index is 11.7. The van der Waals surface area contributed by atoms with Crippen LogP contribution in [0.4, 0.5) is 5.69 Å². The molecule has 2 nitrogen and oxygen atoms in total. The van der Waals surface area contributed by atoms with Gasteiger partial charge in [-0.3, -0.25) is 4.79 Å². The van der Waals surface area contributed by atoms with Crippen LogP contribution in [0.1, 0.15) is 52.4 Å². The minimum atomic E-state index is 0.132. The van der Waals surface area contributed by atoms with E-state index in [-0.39, 0.29) is 5.78 Å². The van der Waals surface area contributed by atoms with Crippen LogP contribution in [0.2, 0.25) is 0 Å². The summed E-state index contributed by atoms with van der Waals surface area (Å²) in [4.78, 5) is 11.7. The van der Waals surface area contributed by atoms with E-state index >= 15 is 0 Å². The number of rotatable bonds is 2. The molecule has 1 heterocycles. The van der Waals surface area contributed by atoms with E-state index in [1.54, 1.807) is 6.92 Å². The lowest BCUT2D eigenvalue weighted by atomic mass is 9.76. The number of benzene rings is 2. The molecule has 116 valence electrons. The molecular formula is C21H21NO. The summed E-state index contributed by atoms with van der Waals surface area (Å²) in [7, 11) is 0. The van der Waals surface area contributed by atoms with Crippen LogP contribution in [0, 0.1) is 12.8 Å². The third-order valence-corrected chi connectivity index (χ3v) is 5.17. The van der Waals surface area contributed by atoms with Crippen molar-refractivity contribution < 1.29 is 4.79 Å². The number of hydrogen-bond acceptors (Lipinski definition) is 2. The van der Waals surface area contributed by atoms with E-state index in [1.165, 1.54) is 16.7 Å². The fraction of sp³-hybridized carbons (Fsp3) is 0.286. The second-order valence-corrected chi connectivity index (χ2v) is 6.75. The summed E-state index contributed by atoms with van der Waals surface area (Å²) < 4.78 is 0. The first-order valence-electron chi connectivity index (χ1n) is 8.28. The molecule has 23 heavy (non-hydrogen) atoms. The maximum absolute atomic E-state index is 11.7. The van der Waals surface area contributed by atoms with Crippen LogP contribution >= 0.6 is 0 Å². The number of ketones is 1. The molecule has 0 amide bonds. The normalized spacial score (nSPS) is 24.7. The van der Waals surface area contributed by atoms with Gasteiger partial charge < -0.3 is 5.32 Å². The summed E-state index contributed by atoms with van der Waals surface area (Å²) in [5.41, 5.74) is 5.88. The van der Waals surface area contributed by atoms with E-state index < -0.39 is 0 Å². The summed E-state index contributed by atoms with van der Waals surface area (Å²) in [6.45, 7) is 3.78. The van der Waals surface area contributed by atoms with Crippen molar-refractivity contribution in [1.82, 2.24) is 0 Å². The molecule has 4 rings (SSSR count). The van der Waals surface area contributed by atoms with Gasteiger partial charge in [-0.1, -0.05) is 42.0 Å². The Bertz CT molecular complexity index is 805. The number of nitrogens with one attached hydrogen (secondary N) is 1. The van der Waals surface area contributed by atoms with Gasteiger partial charge in [0.25, 0.3) is 0 Å². The number of carbonyl (C=O) groups is 1. The molecule has 0 radical (unpaired) electrons. The zero-order valence-electron chi connectivity index (χ0n) is 13.5. The Kier molecular flexibility index (Phi) is 3.33. The first-order chi connectivity index (χ1) is 11.1. The van der Waals surface area contributed by atoms with Gasteiger partial charge in [-0.25, -0.2) is 0 Å². The number of allylic oxidation sites excluding steroid dienone is 2. The van der Waals surface area contributed by atoms with Crippen LogP contribution in [0.15, 0.2) is 54.6 Å². The van der Waals surface area contributed by atoms with E-state index in [1.807, 2.05) is 6.07 Å². The predicted octanol–water partition coefficient (Wildman–Crippen LogP) is 5.02. The lowest BCUT2D eigenvalue weighted by Gasteiger charge is -2.37. The smallest absolute Gasteiger partial charge is 0.159 e. The van der Waals surface area contributed by atoms with Crippen molar-refractivity contribution in [3.8, 4) is 0 Å². The van der Waals surface area contributed by atoms with Gasteiger partial charge in [-0.15, -0.1) is 0 Å². The lowest BCUT2D eigenvalue weighted by Crippen LogP contribution is -2.29. The quantitative estimate of drug-likeness (QED) is 0.623. The van der Waals surface area contributed by atoms with Gasteiger partial charge >= 0.3 is 0 Å². The predicted molar refractivity (Wildman–Crippen MR) is 94.0 cm³/mol. The zero-order chi connectivity index (χ0) is 16.0. The Morgan fingerprint density at radius 3 is 2.83 bits per heavy atom. The molecule has 0 saturated carbocycles. The zero-order valence-corrected chi connectivity index (χ0v) is 13.5. The Hall–Kier alpha value is -2.35. The lowest BCUT2D eigenvalue weighted by molar-refractivity contribution is 0.101. The van der Waals surface area contributed by atoms with Crippen molar-refractivity contribution in [3.63, 3.8) is 0 Å². The standard InChI is InChI=1S/C21H21NO/c1-13-5-3-6-16(11-13)21-18-8-4-7-17(18)19-12-15(14(2)23)9-10-20(19)22-21/h3-7,9-12,17-18,21-22H,8H2,1-2H3/t17-,18+,21+/m1/s1. The molecule has 1 N–H and O–H groups in total. The van der Waals surface area contributed by atoms with Crippen LogP contribution in [-0.4, -0.2) is 5.78 Å². The number of hydrogen-bond donors (Lipinski definition) is 1. The van der Waals surface area contributed by atoms with Crippen molar-refractivity contribution in [2.45, 2.75) is 32.2 Å². The van der Waals surface area contributed by atoms with Crippen LogP contribution < -0.4 is 5.32 Å². The molecule has 0 aromatic heterocycles. The summed E-state index contributed by atoms with van der Waals surface area (Å²) >= 11 is 0. The van der Waals surface area contributed by atoms with Gasteiger partial charge in [0.1, 0.15) is 0 Å². The van der Waals surface area contributed by atoms with E-state index in [9.17, 15) is 4.79 Å². The molecule has 3 atom stereocenters. The second kappa shape index (κ2) is 5.38. The van der Waals surface area contributed by atoms with Crippen LogP contribution in [0.5, 0.6) is 0 Å². The van der Waals surface area contributed by atoms with Crippen LogP contribution in [0.3, 0.4) is 0 Å². The monoisotopic (exact) mass is 303 g/mol. The highest BCUT2D eigenvalue weighted by Crippen LogP contribution is 2.49. The van der Waals surface area contributed by atoms with Crippen LogP contribution in [-0.2, 0) is 0 Å². The van der Waals surface area contributed by atoms with E-state index in [0.29, 0.717) is 17.9 Å². The Morgan fingerprint density at radius 2 is 2.04 bits per heavy atom.